The summed E-state index contributed by atoms with van der Waals surface area (Å²) < 4.78 is 10.9. The fraction of sp³-hybridized carbons (Fsp3) is 0.450. The average Bonchev–Trinajstić information content (AvgIpc) is 2.62. The fourth-order valence-corrected chi connectivity index (χ4v) is 2.70. The Labute approximate surface area is 157 Å². The summed E-state index contributed by atoms with van der Waals surface area (Å²) in [5.74, 6) is -1.83. The second-order valence-corrected chi connectivity index (χ2v) is 6.75. The summed E-state index contributed by atoms with van der Waals surface area (Å²) in [5.41, 5.74) is 1.31. The molecule has 0 aliphatic heterocycles. The van der Waals surface area contributed by atoms with Gasteiger partial charge in [-0.3, -0.25) is 4.79 Å². The van der Waals surface area contributed by atoms with Gasteiger partial charge >= 0.3 is 5.63 Å². The van der Waals surface area contributed by atoms with Crippen LogP contribution in [-0.2, 0) is 9.59 Å². The van der Waals surface area contributed by atoms with Crippen LogP contribution in [-0.4, -0.2) is 24.0 Å². The second kappa shape index (κ2) is 8.24. The van der Waals surface area contributed by atoms with E-state index in [2.05, 4.69) is 5.32 Å². The first-order valence-corrected chi connectivity index (χ1v) is 8.87. The van der Waals surface area contributed by atoms with Gasteiger partial charge in [0.2, 0.25) is 0 Å². The number of carbonyl (C=O) groups is 2. The number of carboxylic acid groups (broad SMARTS) is 1. The summed E-state index contributed by atoms with van der Waals surface area (Å²) in [5, 5.41) is 14.5. The van der Waals surface area contributed by atoms with Crippen LogP contribution in [0.25, 0.3) is 11.0 Å². The van der Waals surface area contributed by atoms with Crippen molar-refractivity contribution in [3.05, 3.63) is 39.7 Å². The number of amides is 1. The zero-order chi connectivity index (χ0) is 20.3. The van der Waals surface area contributed by atoms with E-state index in [9.17, 15) is 19.5 Å². The summed E-state index contributed by atoms with van der Waals surface area (Å²) in [6, 6.07) is 3.87. The molecule has 0 saturated heterocycles. The minimum atomic E-state index is -1.33. The van der Waals surface area contributed by atoms with Gasteiger partial charge in [0.25, 0.3) is 5.91 Å². The predicted molar refractivity (Wildman–Crippen MR) is 98.4 cm³/mol. The van der Waals surface area contributed by atoms with Crippen LogP contribution in [0.4, 0.5) is 0 Å². The number of hydrogen-bond acceptors (Lipinski definition) is 6. The number of hydrogen-bond donors (Lipinski definition) is 1. The van der Waals surface area contributed by atoms with Gasteiger partial charge in [-0.15, -0.1) is 0 Å². The third kappa shape index (κ3) is 4.48. The highest BCUT2D eigenvalue weighted by Crippen LogP contribution is 2.24. The summed E-state index contributed by atoms with van der Waals surface area (Å²) in [4.78, 5) is 35.4. The molecule has 0 spiro atoms. The monoisotopic (exact) mass is 374 g/mol. The molecule has 0 aliphatic rings. The van der Waals surface area contributed by atoms with Gasteiger partial charge in [0.05, 0.1) is 12.0 Å². The van der Waals surface area contributed by atoms with Gasteiger partial charge in [-0.1, -0.05) is 20.3 Å². The first-order valence-electron chi connectivity index (χ1n) is 8.87. The van der Waals surface area contributed by atoms with Gasteiger partial charge in [0, 0.05) is 17.0 Å². The minimum Gasteiger partial charge on any atom is -0.548 e. The molecular weight excluding hydrogens is 350 g/mol. The van der Waals surface area contributed by atoms with Crippen LogP contribution in [0, 0.1) is 19.8 Å². The third-order valence-corrected chi connectivity index (χ3v) is 4.88. The van der Waals surface area contributed by atoms with E-state index in [-0.39, 0.29) is 5.92 Å². The zero-order valence-electron chi connectivity index (χ0n) is 16.1. The van der Waals surface area contributed by atoms with Crippen LogP contribution < -0.4 is 20.8 Å². The molecule has 7 nitrogen and oxygen atoms in total. The largest absolute Gasteiger partial charge is 0.548 e. The van der Waals surface area contributed by atoms with Gasteiger partial charge in [-0.05, 0) is 44.4 Å². The van der Waals surface area contributed by atoms with E-state index in [0.29, 0.717) is 23.3 Å². The fourth-order valence-electron chi connectivity index (χ4n) is 2.70. The lowest BCUT2D eigenvalue weighted by atomic mass is 9.99. The number of carboxylic acids is 1. The molecule has 7 heteroatoms. The Bertz CT molecular complexity index is 917. The van der Waals surface area contributed by atoms with Crippen LogP contribution in [0.1, 0.15) is 38.3 Å². The predicted octanol–water partition coefficient (Wildman–Crippen LogP) is 1.46. The summed E-state index contributed by atoms with van der Waals surface area (Å²) >= 11 is 0. The van der Waals surface area contributed by atoms with Crippen LogP contribution in [0.2, 0.25) is 0 Å². The maximum atomic E-state index is 12.3. The summed E-state index contributed by atoms with van der Waals surface area (Å²) in [6.07, 6.45) is -0.358. The maximum Gasteiger partial charge on any atom is 0.339 e. The van der Waals surface area contributed by atoms with Gasteiger partial charge in [-0.25, -0.2) is 4.79 Å². The van der Waals surface area contributed by atoms with E-state index in [1.54, 1.807) is 26.0 Å². The van der Waals surface area contributed by atoms with E-state index in [1.807, 2.05) is 13.8 Å². The van der Waals surface area contributed by atoms with Crippen molar-refractivity contribution in [3.63, 3.8) is 0 Å². The van der Waals surface area contributed by atoms with Crippen molar-refractivity contribution in [2.24, 2.45) is 5.92 Å². The molecular formula is C20H24NO6-. The number of aryl methyl sites for hydroxylation is 1. The van der Waals surface area contributed by atoms with Gasteiger partial charge in [0.15, 0.2) is 6.10 Å². The van der Waals surface area contributed by atoms with Crippen molar-refractivity contribution >= 4 is 22.8 Å². The quantitative estimate of drug-likeness (QED) is 0.735. The van der Waals surface area contributed by atoms with E-state index in [1.165, 1.54) is 13.0 Å². The highest BCUT2D eigenvalue weighted by Gasteiger charge is 2.23. The Hall–Kier alpha value is -2.83. The van der Waals surface area contributed by atoms with Crippen molar-refractivity contribution in [3.8, 4) is 5.75 Å². The van der Waals surface area contributed by atoms with Crippen LogP contribution in [0.3, 0.4) is 0 Å². The summed E-state index contributed by atoms with van der Waals surface area (Å²) in [7, 11) is 0. The Morgan fingerprint density at radius 3 is 2.48 bits per heavy atom. The lowest BCUT2D eigenvalue weighted by molar-refractivity contribution is -0.309. The molecule has 0 fully saturated rings. The SMILES string of the molecule is CC[C@H](C)[C@H](NC(=O)[C@H](C)Oc1ccc2c(C)c(C)c(=O)oc2c1)C(=O)[O-]. The Morgan fingerprint density at radius 2 is 1.89 bits per heavy atom. The van der Waals surface area contributed by atoms with Crippen LogP contribution in [0.5, 0.6) is 5.75 Å². The molecule has 0 unspecified atom stereocenters. The van der Waals surface area contributed by atoms with E-state index >= 15 is 0 Å². The third-order valence-electron chi connectivity index (χ3n) is 4.88. The minimum absolute atomic E-state index is 0.271. The molecule has 2 aromatic rings. The normalized spacial score (nSPS) is 14.4. The topological polar surface area (TPSA) is 109 Å². The summed E-state index contributed by atoms with van der Waals surface area (Å²) in [6.45, 7) is 8.60. The molecule has 2 rings (SSSR count). The molecule has 3 atom stereocenters. The second-order valence-electron chi connectivity index (χ2n) is 6.75. The molecule has 27 heavy (non-hydrogen) atoms. The molecule has 1 aromatic carbocycles. The lowest BCUT2D eigenvalue weighted by Crippen LogP contribution is -2.54. The lowest BCUT2D eigenvalue weighted by Gasteiger charge is -2.26. The molecule has 146 valence electrons. The number of fused-ring (bicyclic) bond motifs is 1. The van der Waals surface area contributed by atoms with Crippen molar-refractivity contribution in [2.45, 2.75) is 53.2 Å². The van der Waals surface area contributed by atoms with E-state index < -0.39 is 29.6 Å². The first kappa shape index (κ1) is 20.5. The number of aliphatic carboxylic acids is 1. The zero-order valence-corrected chi connectivity index (χ0v) is 16.1. The van der Waals surface area contributed by atoms with Crippen LogP contribution >= 0.6 is 0 Å². The molecule has 1 amide bonds. The number of benzene rings is 1. The Kier molecular flexibility index (Phi) is 6.25. The van der Waals surface area contributed by atoms with Gasteiger partial charge in [0.1, 0.15) is 11.3 Å². The number of ether oxygens (including phenoxy) is 1. The molecule has 0 saturated carbocycles. The molecule has 0 radical (unpaired) electrons. The molecule has 0 bridgehead atoms. The molecule has 0 aliphatic carbocycles. The number of rotatable bonds is 7. The maximum absolute atomic E-state index is 12.3. The van der Waals surface area contributed by atoms with Crippen molar-refractivity contribution < 1.29 is 23.8 Å². The van der Waals surface area contributed by atoms with Crippen molar-refractivity contribution in [2.75, 3.05) is 0 Å². The first-order chi connectivity index (χ1) is 12.6. The average molecular weight is 374 g/mol. The van der Waals surface area contributed by atoms with E-state index in [0.717, 1.165) is 10.9 Å². The van der Waals surface area contributed by atoms with Crippen LogP contribution in [0.15, 0.2) is 27.4 Å². The number of nitrogens with one attached hydrogen (secondary N) is 1. The molecule has 1 aromatic heterocycles. The van der Waals surface area contributed by atoms with Gasteiger partial charge < -0.3 is 24.4 Å². The number of carbonyl (C=O) groups excluding carboxylic acids is 2. The molecule has 1 heterocycles. The molecule has 1 N–H and O–H groups in total. The van der Waals surface area contributed by atoms with Crippen molar-refractivity contribution in [1.29, 1.82) is 0 Å². The highest BCUT2D eigenvalue weighted by molar-refractivity contribution is 5.86. The smallest absolute Gasteiger partial charge is 0.339 e. The standard InChI is InChI=1S/C20H25NO6/c1-6-10(2)17(19(23)24)21-18(22)13(5)26-14-7-8-15-11(3)12(4)20(25)27-16(15)9-14/h7-10,13,17H,6H2,1-5H3,(H,21,22)(H,23,24)/p-1/t10-,13-,17-/m0/s1. The van der Waals surface area contributed by atoms with Crippen molar-refractivity contribution in [1.82, 2.24) is 5.32 Å². The van der Waals surface area contributed by atoms with Gasteiger partial charge in [-0.2, -0.15) is 0 Å². The highest BCUT2D eigenvalue weighted by atomic mass is 16.5. The Morgan fingerprint density at radius 1 is 1.22 bits per heavy atom. The van der Waals surface area contributed by atoms with E-state index in [4.69, 9.17) is 9.15 Å². The Balaban J connectivity index is 2.18.